The van der Waals surface area contributed by atoms with Crippen molar-refractivity contribution in [3.05, 3.63) is 49.3 Å². The van der Waals surface area contributed by atoms with Gasteiger partial charge < -0.3 is 10.7 Å². The lowest BCUT2D eigenvalue weighted by Crippen LogP contribution is -2.22. The normalized spacial score (nSPS) is 11.6. The standard InChI is InChI=1S/C17H10N6O2S3/c1-26-17-21-8-3-5-28-13(8)16(25)23(17)11-10(19)9(6-18)22-14(11)20-7-2-4-27-12(7)15(22)24/h2-5,20H,19H2,1H3. The Morgan fingerprint density at radius 2 is 1.96 bits per heavy atom. The number of nitrogens with one attached hydrogen (secondary N) is 1. The average Bonchev–Trinajstić information content (AvgIpc) is 3.40. The van der Waals surface area contributed by atoms with Crippen LogP contribution in [0.1, 0.15) is 5.69 Å². The van der Waals surface area contributed by atoms with Crippen LogP contribution in [0.15, 0.2) is 37.6 Å². The first-order valence-corrected chi connectivity index (χ1v) is 10.9. The number of H-pyrrole nitrogens is 1. The van der Waals surface area contributed by atoms with Gasteiger partial charge in [-0.05, 0) is 29.1 Å². The highest BCUT2D eigenvalue weighted by Crippen LogP contribution is 2.32. The second-order valence-corrected chi connectivity index (χ2v) is 8.48. The van der Waals surface area contributed by atoms with Gasteiger partial charge in [-0.2, -0.15) is 5.26 Å². The largest absolute Gasteiger partial charge is 0.395 e. The van der Waals surface area contributed by atoms with Gasteiger partial charge in [0, 0.05) is 0 Å². The fourth-order valence-corrected chi connectivity index (χ4v) is 5.35. The highest BCUT2D eigenvalue weighted by Gasteiger charge is 2.25. The molecule has 5 aromatic heterocycles. The molecule has 8 nitrogen and oxygen atoms in total. The summed E-state index contributed by atoms with van der Waals surface area (Å²) in [6.07, 6.45) is 1.80. The smallest absolute Gasteiger partial charge is 0.276 e. The molecule has 0 atom stereocenters. The Balaban J connectivity index is 2.05. The van der Waals surface area contributed by atoms with E-state index in [9.17, 15) is 14.9 Å². The van der Waals surface area contributed by atoms with Crippen molar-refractivity contribution in [2.24, 2.45) is 0 Å². The van der Waals surface area contributed by atoms with Crippen LogP contribution in [0, 0.1) is 11.3 Å². The van der Waals surface area contributed by atoms with Crippen molar-refractivity contribution in [1.29, 1.82) is 5.26 Å². The quantitative estimate of drug-likeness (QED) is 0.331. The van der Waals surface area contributed by atoms with Gasteiger partial charge in [0.05, 0.1) is 16.7 Å². The summed E-state index contributed by atoms with van der Waals surface area (Å²) in [5, 5.41) is 13.7. The summed E-state index contributed by atoms with van der Waals surface area (Å²) in [4.78, 5) is 33.9. The zero-order chi connectivity index (χ0) is 19.6. The monoisotopic (exact) mass is 426 g/mol. The average molecular weight is 427 g/mol. The lowest BCUT2D eigenvalue weighted by Gasteiger charge is -2.10. The van der Waals surface area contributed by atoms with Crippen molar-refractivity contribution in [3.63, 3.8) is 0 Å². The number of anilines is 1. The molecule has 0 bridgehead atoms. The second-order valence-electron chi connectivity index (χ2n) is 5.87. The third kappa shape index (κ3) is 2.07. The van der Waals surface area contributed by atoms with Crippen LogP contribution in [-0.4, -0.2) is 25.2 Å². The molecule has 5 heterocycles. The predicted molar refractivity (Wildman–Crippen MR) is 113 cm³/mol. The minimum Gasteiger partial charge on any atom is -0.395 e. The van der Waals surface area contributed by atoms with Gasteiger partial charge in [0.1, 0.15) is 26.8 Å². The molecule has 0 aromatic carbocycles. The van der Waals surface area contributed by atoms with Crippen LogP contribution in [0.2, 0.25) is 0 Å². The summed E-state index contributed by atoms with van der Waals surface area (Å²) >= 11 is 3.84. The minimum atomic E-state index is -0.350. The van der Waals surface area contributed by atoms with E-state index in [4.69, 9.17) is 5.73 Å². The highest BCUT2D eigenvalue weighted by molar-refractivity contribution is 7.98. The molecule has 0 saturated heterocycles. The van der Waals surface area contributed by atoms with E-state index in [0.29, 0.717) is 31.2 Å². The number of aromatic amines is 1. The van der Waals surface area contributed by atoms with Gasteiger partial charge in [0.2, 0.25) is 0 Å². The third-order valence-corrected chi connectivity index (χ3v) is 6.89. The summed E-state index contributed by atoms with van der Waals surface area (Å²) in [6.45, 7) is 0. The molecule has 0 aliphatic rings. The molecule has 0 amide bonds. The van der Waals surface area contributed by atoms with Crippen molar-refractivity contribution < 1.29 is 0 Å². The maximum absolute atomic E-state index is 13.2. The zero-order valence-corrected chi connectivity index (χ0v) is 16.7. The first-order chi connectivity index (χ1) is 13.6. The number of hydrogen-bond acceptors (Lipinski definition) is 8. The van der Waals surface area contributed by atoms with Crippen molar-refractivity contribution >= 4 is 66.2 Å². The molecule has 28 heavy (non-hydrogen) atoms. The molecule has 5 rings (SSSR count). The molecular formula is C17H10N6O2S3. The number of nitriles is 1. The number of hydrogen-bond donors (Lipinski definition) is 2. The molecule has 3 N–H and O–H groups in total. The molecule has 0 spiro atoms. The zero-order valence-electron chi connectivity index (χ0n) is 14.2. The SMILES string of the molecule is CSc1nc2ccsc2c(=O)n1-c1c(N)c(C#N)n2c(=O)c3sccc3[nH]c12. The number of thioether (sulfide) groups is 1. The van der Waals surface area contributed by atoms with Crippen LogP contribution in [0.4, 0.5) is 5.69 Å². The number of fused-ring (bicyclic) bond motifs is 3. The van der Waals surface area contributed by atoms with E-state index >= 15 is 0 Å². The summed E-state index contributed by atoms with van der Waals surface area (Å²) in [6, 6.07) is 5.56. The van der Waals surface area contributed by atoms with Gasteiger partial charge in [-0.25, -0.2) is 14.0 Å². The maximum Gasteiger partial charge on any atom is 0.276 e. The van der Waals surface area contributed by atoms with Crippen molar-refractivity contribution in [1.82, 2.24) is 18.9 Å². The Morgan fingerprint density at radius 3 is 2.71 bits per heavy atom. The summed E-state index contributed by atoms with van der Waals surface area (Å²) < 4.78 is 3.57. The van der Waals surface area contributed by atoms with Crippen molar-refractivity contribution in [2.45, 2.75) is 5.16 Å². The van der Waals surface area contributed by atoms with E-state index in [-0.39, 0.29) is 28.2 Å². The molecular weight excluding hydrogens is 416 g/mol. The molecule has 0 unspecified atom stereocenters. The van der Waals surface area contributed by atoms with Gasteiger partial charge in [0.15, 0.2) is 10.9 Å². The van der Waals surface area contributed by atoms with Crippen LogP contribution < -0.4 is 16.9 Å². The van der Waals surface area contributed by atoms with Gasteiger partial charge in [0.25, 0.3) is 11.1 Å². The van der Waals surface area contributed by atoms with Crippen LogP contribution in [-0.2, 0) is 0 Å². The van der Waals surface area contributed by atoms with E-state index in [1.165, 1.54) is 43.4 Å². The second kappa shape index (κ2) is 5.96. The number of aromatic nitrogens is 4. The lowest BCUT2D eigenvalue weighted by atomic mass is 10.3. The number of nitrogens with two attached hydrogens (primary N) is 1. The highest BCUT2D eigenvalue weighted by atomic mass is 32.2. The molecule has 0 saturated carbocycles. The molecule has 0 aliphatic heterocycles. The molecule has 0 fully saturated rings. The van der Waals surface area contributed by atoms with Crippen molar-refractivity contribution in [2.75, 3.05) is 12.0 Å². The lowest BCUT2D eigenvalue weighted by molar-refractivity contribution is 0.829. The molecule has 0 radical (unpaired) electrons. The molecule has 5 aromatic rings. The fraction of sp³-hybridized carbons (Fsp3) is 0.0588. The van der Waals surface area contributed by atoms with Gasteiger partial charge >= 0.3 is 0 Å². The number of thiophene rings is 2. The van der Waals surface area contributed by atoms with Crippen LogP contribution in [0.5, 0.6) is 0 Å². The van der Waals surface area contributed by atoms with Crippen LogP contribution in [0.3, 0.4) is 0 Å². The molecule has 11 heteroatoms. The third-order valence-electron chi connectivity index (χ3n) is 4.46. The van der Waals surface area contributed by atoms with E-state index in [1.54, 1.807) is 29.1 Å². The summed E-state index contributed by atoms with van der Waals surface area (Å²) in [5.41, 5.74) is 7.47. The Morgan fingerprint density at radius 1 is 1.21 bits per heavy atom. The van der Waals surface area contributed by atoms with Crippen LogP contribution >= 0.6 is 34.4 Å². The van der Waals surface area contributed by atoms with Gasteiger partial charge in [-0.15, -0.1) is 22.7 Å². The predicted octanol–water partition coefficient (Wildman–Crippen LogP) is 2.78. The Kier molecular flexibility index (Phi) is 3.63. The number of nitrogens with zero attached hydrogens (tertiary/aromatic N) is 4. The Labute approximate surface area is 168 Å². The van der Waals surface area contributed by atoms with Gasteiger partial charge in [-0.1, -0.05) is 11.8 Å². The summed E-state index contributed by atoms with van der Waals surface area (Å²) in [7, 11) is 0. The van der Waals surface area contributed by atoms with E-state index in [0.717, 1.165) is 0 Å². The van der Waals surface area contributed by atoms with E-state index in [2.05, 4.69) is 9.97 Å². The molecule has 138 valence electrons. The van der Waals surface area contributed by atoms with Gasteiger partial charge in [-0.3, -0.25) is 9.59 Å². The van der Waals surface area contributed by atoms with Crippen molar-refractivity contribution in [3.8, 4) is 11.8 Å². The minimum absolute atomic E-state index is 0.00761. The Bertz CT molecular complexity index is 1580. The summed E-state index contributed by atoms with van der Waals surface area (Å²) in [5.74, 6) is 0. The molecule has 0 aliphatic carbocycles. The Hall–Kier alpha value is -3.07. The first-order valence-electron chi connectivity index (χ1n) is 7.95. The number of rotatable bonds is 2. The topological polar surface area (TPSA) is 122 Å². The fourth-order valence-electron chi connectivity index (χ4n) is 3.26. The maximum atomic E-state index is 13.2. The van der Waals surface area contributed by atoms with E-state index < -0.39 is 0 Å². The van der Waals surface area contributed by atoms with E-state index in [1.807, 2.05) is 6.07 Å². The van der Waals surface area contributed by atoms with Crippen LogP contribution in [0.25, 0.3) is 31.8 Å². The first kappa shape index (κ1) is 17.1. The number of nitrogen functional groups attached to an aromatic ring is 1.